The summed E-state index contributed by atoms with van der Waals surface area (Å²) in [4.78, 5) is 29.1. The number of rotatable bonds is 5. The predicted octanol–water partition coefficient (Wildman–Crippen LogP) is 1.78. The third-order valence-corrected chi connectivity index (χ3v) is 3.34. The number of carboxylic acids is 1. The van der Waals surface area contributed by atoms with Gasteiger partial charge in [0.05, 0.1) is 16.6 Å². The van der Waals surface area contributed by atoms with Gasteiger partial charge in [-0.05, 0) is 24.6 Å². The van der Waals surface area contributed by atoms with E-state index in [9.17, 15) is 9.59 Å². The number of carbonyl (C=O) groups excluding carboxylic acids is 1. The number of hydrogen-bond acceptors (Lipinski definition) is 3. The van der Waals surface area contributed by atoms with Crippen LogP contribution < -0.4 is 0 Å². The van der Waals surface area contributed by atoms with E-state index in [4.69, 9.17) is 5.11 Å². The highest BCUT2D eigenvalue weighted by atomic mass is 16.4. The fourth-order valence-corrected chi connectivity index (χ4v) is 2.17. The van der Waals surface area contributed by atoms with Crippen LogP contribution in [0, 0.1) is 0 Å². The normalized spacial score (nSPS) is 10.8. The molecule has 6 heteroatoms. The smallest absolute Gasteiger partial charge is 0.335 e. The minimum Gasteiger partial charge on any atom is -0.478 e. The maximum atomic E-state index is 12.0. The second-order valence-corrected chi connectivity index (χ2v) is 5.16. The fourth-order valence-electron chi connectivity index (χ4n) is 2.17. The molecule has 0 saturated carbocycles. The van der Waals surface area contributed by atoms with Crippen molar-refractivity contribution in [2.45, 2.75) is 26.3 Å². The molecule has 6 nitrogen and oxygen atoms in total. The number of imidazole rings is 1. The summed E-state index contributed by atoms with van der Waals surface area (Å²) in [6, 6.07) is 4.80. The van der Waals surface area contributed by atoms with Crippen molar-refractivity contribution in [3.05, 3.63) is 29.6 Å². The van der Waals surface area contributed by atoms with Crippen molar-refractivity contribution in [2.75, 3.05) is 14.1 Å². The van der Waals surface area contributed by atoms with E-state index in [1.165, 1.54) is 11.0 Å². The maximum Gasteiger partial charge on any atom is 0.335 e. The van der Waals surface area contributed by atoms with Gasteiger partial charge in [0, 0.05) is 20.5 Å². The molecule has 1 N–H and O–H groups in total. The summed E-state index contributed by atoms with van der Waals surface area (Å²) >= 11 is 0. The SMILES string of the molecule is CCCc1nc2ccc(C(=O)O)cc2n1CC(=O)N(C)C. The van der Waals surface area contributed by atoms with Gasteiger partial charge >= 0.3 is 5.97 Å². The second kappa shape index (κ2) is 5.95. The van der Waals surface area contributed by atoms with Crippen molar-refractivity contribution >= 4 is 22.9 Å². The van der Waals surface area contributed by atoms with Crippen LogP contribution >= 0.6 is 0 Å². The Balaban J connectivity index is 2.55. The Bertz CT molecular complexity index is 689. The van der Waals surface area contributed by atoms with Gasteiger partial charge in [0.15, 0.2) is 0 Å². The Morgan fingerprint density at radius 3 is 2.62 bits per heavy atom. The number of aromatic nitrogens is 2. The number of carboxylic acid groups (broad SMARTS) is 1. The Labute approximate surface area is 123 Å². The molecule has 1 aromatic heterocycles. The molecule has 0 bridgehead atoms. The van der Waals surface area contributed by atoms with Gasteiger partial charge in [-0.15, -0.1) is 0 Å². The molecule has 0 atom stereocenters. The van der Waals surface area contributed by atoms with Crippen molar-refractivity contribution in [3.8, 4) is 0 Å². The number of nitrogens with zero attached hydrogens (tertiary/aromatic N) is 3. The van der Waals surface area contributed by atoms with Crippen molar-refractivity contribution in [1.82, 2.24) is 14.5 Å². The molecule has 0 unspecified atom stereocenters. The standard InChI is InChI=1S/C15H19N3O3/c1-4-5-13-16-11-7-6-10(15(20)21)8-12(11)18(13)9-14(19)17(2)3/h6-8H,4-5,9H2,1-3H3,(H,20,21). The number of aryl methyl sites for hydroxylation is 1. The first-order valence-electron chi connectivity index (χ1n) is 6.86. The van der Waals surface area contributed by atoms with Crippen LogP contribution in [0.25, 0.3) is 11.0 Å². The molecular formula is C15H19N3O3. The van der Waals surface area contributed by atoms with Gasteiger partial charge in [-0.3, -0.25) is 4.79 Å². The van der Waals surface area contributed by atoms with Crippen LogP contribution in [0.2, 0.25) is 0 Å². The Morgan fingerprint density at radius 2 is 2.05 bits per heavy atom. The quantitative estimate of drug-likeness (QED) is 0.910. The van der Waals surface area contributed by atoms with E-state index >= 15 is 0 Å². The summed E-state index contributed by atoms with van der Waals surface area (Å²) in [7, 11) is 3.40. The summed E-state index contributed by atoms with van der Waals surface area (Å²) in [5, 5.41) is 9.11. The van der Waals surface area contributed by atoms with Crippen molar-refractivity contribution in [3.63, 3.8) is 0 Å². The second-order valence-electron chi connectivity index (χ2n) is 5.16. The molecule has 0 saturated heterocycles. The van der Waals surface area contributed by atoms with Gasteiger partial charge < -0.3 is 14.6 Å². The number of benzene rings is 1. The molecule has 0 spiro atoms. The zero-order valence-corrected chi connectivity index (χ0v) is 12.5. The highest BCUT2D eigenvalue weighted by Gasteiger charge is 2.16. The molecule has 0 aliphatic rings. The first kappa shape index (κ1) is 15.0. The van der Waals surface area contributed by atoms with Gasteiger partial charge in [0.1, 0.15) is 12.4 Å². The van der Waals surface area contributed by atoms with Crippen LogP contribution in [-0.4, -0.2) is 45.5 Å². The number of fused-ring (bicyclic) bond motifs is 1. The summed E-state index contributed by atoms with van der Waals surface area (Å²) < 4.78 is 1.81. The molecular weight excluding hydrogens is 270 g/mol. The molecule has 0 fully saturated rings. The van der Waals surface area contributed by atoms with Crippen molar-refractivity contribution in [1.29, 1.82) is 0 Å². The zero-order chi connectivity index (χ0) is 15.6. The lowest BCUT2D eigenvalue weighted by Gasteiger charge is -2.13. The summed E-state index contributed by atoms with van der Waals surface area (Å²) in [5.41, 5.74) is 1.60. The van der Waals surface area contributed by atoms with Crippen LogP contribution in [0.15, 0.2) is 18.2 Å². The van der Waals surface area contributed by atoms with E-state index in [0.717, 1.165) is 24.2 Å². The Kier molecular flexibility index (Phi) is 4.26. The number of hydrogen-bond donors (Lipinski definition) is 1. The van der Waals surface area contributed by atoms with Gasteiger partial charge in [-0.1, -0.05) is 6.92 Å². The third kappa shape index (κ3) is 3.04. The molecule has 0 radical (unpaired) electrons. The number of carbonyl (C=O) groups is 2. The Morgan fingerprint density at radius 1 is 1.33 bits per heavy atom. The van der Waals surface area contributed by atoms with E-state index in [2.05, 4.69) is 4.98 Å². The average Bonchev–Trinajstić information content (AvgIpc) is 2.76. The highest BCUT2D eigenvalue weighted by molar-refractivity contribution is 5.93. The van der Waals surface area contributed by atoms with Crippen molar-refractivity contribution in [2.24, 2.45) is 0 Å². The van der Waals surface area contributed by atoms with Crippen LogP contribution in [0.1, 0.15) is 29.5 Å². The molecule has 21 heavy (non-hydrogen) atoms. The van der Waals surface area contributed by atoms with Crippen LogP contribution in [0.5, 0.6) is 0 Å². The Hall–Kier alpha value is -2.37. The average molecular weight is 289 g/mol. The van der Waals surface area contributed by atoms with E-state index in [-0.39, 0.29) is 18.0 Å². The largest absolute Gasteiger partial charge is 0.478 e. The lowest BCUT2D eigenvalue weighted by Crippen LogP contribution is -2.27. The van der Waals surface area contributed by atoms with Crippen LogP contribution in [0.3, 0.4) is 0 Å². The lowest BCUT2D eigenvalue weighted by molar-refractivity contribution is -0.129. The van der Waals surface area contributed by atoms with E-state index in [1.54, 1.807) is 26.2 Å². The molecule has 0 aliphatic heterocycles. The first-order chi connectivity index (χ1) is 9.93. The van der Waals surface area contributed by atoms with Gasteiger partial charge in [-0.2, -0.15) is 0 Å². The summed E-state index contributed by atoms with van der Waals surface area (Å²) in [6.07, 6.45) is 1.66. The molecule has 0 aliphatic carbocycles. The highest BCUT2D eigenvalue weighted by Crippen LogP contribution is 2.19. The number of amides is 1. The van der Waals surface area contributed by atoms with Crippen molar-refractivity contribution < 1.29 is 14.7 Å². The van der Waals surface area contributed by atoms with Gasteiger partial charge in [-0.25, -0.2) is 9.78 Å². The minimum absolute atomic E-state index is 0.0487. The monoisotopic (exact) mass is 289 g/mol. The molecule has 1 amide bonds. The lowest BCUT2D eigenvalue weighted by atomic mass is 10.2. The topological polar surface area (TPSA) is 75.4 Å². The number of likely N-dealkylation sites (N-methyl/N-ethyl adjacent to an activating group) is 1. The summed E-state index contributed by atoms with van der Waals surface area (Å²) in [6.45, 7) is 2.21. The zero-order valence-electron chi connectivity index (χ0n) is 12.5. The van der Waals surface area contributed by atoms with E-state index in [0.29, 0.717) is 5.52 Å². The van der Waals surface area contributed by atoms with Gasteiger partial charge in [0.25, 0.3) is 0 Å². The fraction of sp³-hybridized carbons (Fsp3) is 0.400. The predicted molar refractivity (Wildman–Crippen MR) is 79.4 cm³/mol. The maximum absolute atomic E-state index is 12.0. The molecule has 1 aromatic carbocycles. The number of aromatic carboxylic acids is 1. The minimum atomic E-state index is -0.986. The first-order valence-corrected chi connectivity index (χ1v) is 6.86. The van der Waals surface area contributed by atoms with E-state index < -0.39 is 5.97 Å². The third-order valence-electron chi connectivity index (χ3n) is 3.34. The molecule has 1 heterocycles. The molecule has 2 rings (SSSR count). The van der Waals surface area contributed by atoms with Crippen LogP contribution in [0.4, 0.5) is 0 Å². The molecule has 2 aromatic rings. The summed E-state index contributed by atoms with van der Waals surface area (Å²) in [5.74, 6) is -0.224. The molecule has 112 valence electrons. The van der Waals surface area contributed by atoms with Crippen LogP contribution in [-0.2, 0) is 17.8 Å². The van der Waals surface area contributed by atoms with E-state index in [1.807, 2.05) is 11.5 Å². The van der Waals surface area contributed by atoms with Gasteiger partial charge in [0.2, 0.25) is 5.91 Å².